The third-order valence-corrected chi connectivity index (χ3v) is 3.93. The molecule has 2 N–H and O–H groups in total. The standard InChI is InChI=1S/C13H17BrN2O4/c14-11-2-1-10(12(7-11)16(18)19)8-15-9-13(17)3-5-20-6-4-13/h1-2,7,15,17H,3-6,8-9H2. The fourth-order valence-corrected chi connectivity index (χ4v) is 2.56. The highest BCUT2D eigenvalue weighted by atomic mass is 79.9. The number of nitro benzene ring substituents is 1. The fraction of sp³-hybridized carbons (Fsp3) is 0.538. The minimum absolute atomic E-state index is 0.0749. The molecule has 0 amide bonds. The molecule has 0 aromatic heterocycles. The van der Waals surface area contributed by atoms with Crippen LogP contribution in [0.1, 0.15) is 18.4 Å². The summed E-state index contributed by atoms with van der Waals surface area (Å²) in [6.07, 6.45) is 1.17. The topological polar surface area (TPSA) is 84.6 Å². The lowest BCUT2D eigenvalue weighted by Crippen LogP contribution is -2.44. The van der Waals surface area contributed by atoms with E-state index in [0.717, 1.165) is 0 Å². The van der Waals surface area contributed by atoms with Crippen LogP contribution in [0.25, 0.3) is 0 Å². The van der Waals surface area contributed by atoms with Crippen molar-refractivity contribution in [3.8, 4) is 0 Å². The van der Waals surface area contributed by atoms with Crippen molar-refractivity contribution in [1.82, 2.24) is 5.32 Å². The van der Waals surface area contributed by atoms with Crippen LogP contribution in [0.5, 0.6) is 0 Å². The summed E-state index contributed by atoms with van der Waals surface area (Å²) in [5, 5.41) is 24.4. The van der Waals surface area contributed by atoms with E-state index in [0.29, 0.717) is 49.2 Å². The van der Waals surface area contributed by atoms with Gasteiger partial charge in [-0.05, 0) is 12.1 Å². The maximum Gasteiger partial charge on any atom is 0.275 e. The molecule has 1 aromatic carbocycles. The molecule has 0 unspecified atom stereocenters. The van der Waals surface area contributed by atoms with Gasteiger partial charge in [0.25, 0.3) is 5.69 Å². The van der Waals surface area contributed by atoms with Crippen molar-refractivity contribution < 1.29 is 14.8 Å². The average Bonchev–Trinajstić information content (AvgIpc) is 2.41. The van der Waals surface area contributed by atoms with Gasteiger partial charge in [0, 0.05) is 55.2 Å². The number of rotatable bonds is 5. The quantitative estimate of drug-likeness (QED) is 0.630. The van der Waals surface area contributed by atoms with Gasteiger partial charge in [-0.3, -0.25) is 10.1 Å². The van der Waals surface area contributed by atoms with E-state index in [1.54, 1.807) is 12.1 Å². The molecule has 2 rings (SSSR count). The minimum Gasteiger partial charge on any atom is -0.388 e. The highest BCUT2D eigenvalue weighted by Crippen LogP contribution is 2.24. The molecule has 1 aromatic rings. The zero-order valence-electron chi connectivity index (χ0n) is 11.0. The predicted octanol–water partition coefficient (Wildman–Crippen LogP) is 1.99. The summed E-state index contributed by atoms with van der Waals surface area (Å²) in [5.74, 6) is 0. The maximum absolute atomic E-state index is 11.0. The molecular formula is C13H17BrN2O4. The normalized spacial score (nSPS) is 17.9. The van der Waals surface area contributed by atoms with Gasteiger partial charge in [-0.15, -0.1) is 0 Å². The summed E-state index contributed by atoms with van der Waals surface area (Å²) < 4.78 is 5.89. The Morgan fingerprint density at radius 1 is 1.45 bits per heavy atom. The Kier molecular flexibility index (Phi) is 5.09. The molecule has 0 bridgehead atoms. The summed E-state index contributed by atoms with van der Waals surface area (Å²) in [7, 11) is 0. The van der Waals surface area contributed by atoms with Crippen LogP contribution in [0, 0.1) is 10.1 Å². The van der Waals surface area contributed by atoms with Gasteiger partial charge in [-0.25, -0.2) is 0 Å². The first-order chi connectivity index (χ1) is 9.50. The van der Waals surface area contributed by atoms with Crippen LogP contribution in [-0.4, -0.2) is 35.4 Å². The van der Waals surface area contributed by atoms with Crippen LogP contribution in [0.4, 0.5) is 5.69 Å². The molecule has 110 valence electrons. The molecule has 0 aliphatic carbocycles. The van der Waals surface area contributed by atoms with E-state index in [9.17, 15) is 15.2 Å². The number of aliphatic hydroxyl groups is 1. The third kappa shape index (κ3) is 3.99. The summed E-state index contributed by atoms with van der Waals surface area (Å²) in [4.78, 5) is 10.6. The van der Waals surface area contributed by atoms with E-state index in [-0.39, 0.29) is 5.69 Å². The lowest BCUT2D eigenvalue weighted by Gasteiger charge is -2.32. The number of ether oxygens (including phenoxy) is 1. The van der Waals surface area contributed by atoms with Crippen molar-refractivity contribution in [3.63, 3.8) is 0 Å². The van der Waals surface area contributed by atoms with Crippen molar-refractivity contribution >= 4 is 21.6 Å². The number of hydrogen-bond acceptors (Lipinski definition) is 5. The van der Waals surface area contributed by atoms with Crippen molar-refractivity contribution in [2.24, 2.45) is 0 Å². The first-order valence-electron chi connectivity index (χ1n) is 6.44. The van der Waals surface area contributed by atoms with Gasteiger partial charge in [0.2, 0.25) is 0 Å². The van der Waals surface area contributed by atoms with E-state index in [4.69, 9.17) is 4.74 Å². The van der Waals surface area contributed by atoms with Gasteiger partial charge in [0.1, 0.15) is 0 Å². The van der Waals surface area contributed by atoms with Gasteiger partial charge < -0.3 is 15.2 Å². The molecule has 1 aliphatic heterocycles. The molecule has 1 saturated heterocycles. The Hall–Kier alpha value is -1.02. The Bertz CT molecular complexity index is 489. The van der Waals surface area contributed by atoms with Crippen LogP contribution in [0.3, 0.4) is 0 Å². The van der Waals surface area contributed by atoms with Crippen LogP contribution in [0.15, 0.2) is 22.7 Å². The molecule has 0 saturated carbocycles. The molecule has 1 heterocycles. The lowest BCUT2D eigenvalue weighted by atomic mass is 9.94. The molecule has 7 heteroatoms. The third-order valence-electron chi connectivity index (χ3n) is 3.44. The lowest BCUT2D eigenvalue weighted by molar-refractivity contribution is -0.385. The summed E-state index contributed by atoms with van der Waals surface area (Å²) in [6, 6.07) is 4.97. The molecule has 6 nitrogen and oxygen atoms in total. The zero-order valence-corrected chi connectivity index (χ0v) is 12.6. The second-order valence-electron chi connectivity index (χ2n) is 4.97. The second-order valence-corrected chi connectivity index (χ2v) is 5.89. The first-order valence-corrected chi connectivity index (χ1v) is 7.23. The SMILES string of the molecule is O=[N+]([O-])c1cc(Br)ccc1CNCC1(O)CCOCC1. The van der Waals surface area contributed by atoms with E-state index < -0.39 is 10.5 Å². The van der Waals surface area contributed by atoms with Crippen molar-refractivity contribution in [3.05, 3.63) is 38.3 Å². The number of benzene rings is 1. The number of nitrogens with zero attached hydrogens (tertiary/aromatic N) is 1. The summed E-state index contributed by atoms with van der Waals surface area (Å²) >= 11 is 3.23. The second kappa shape index (κ2) is 6.62. The minimum atomic E-state index is -0.775. The maximum atomic E-state index is 11.0. The molecule has 0 radical (unpaired) electrons. The van der Waals surface area contributed by atoms with Gasteiger partial charge in [-0.1, -0.05) is 15.9 Å². The van der Waals surface area contributed by atoms with Crippen LogP contribution in [-0.2, 0) is 11.3 Å². The van der Waals surface area contributed by atoms with E-state index >= 15 is 0 Å². The fourth-order valence-electron chi connectivity index (χ4n) is 2.21. The van der Waals surface area contributed by atoms with Crippen molar-refractivity contribution in [1.29, 1.82) is 0 Å². The first kappa shape index (κ1) is 15.4. The Labute approximate surface area is 125 Å². The van der Waals surface area contributed by atoms with E-state index in [1.807, 2.05) is 0 Å². The highest BCUT2D eigenvalue weighted by molar-refractivity contribution is 9.10. The van der Waals surface area contributed by atoms with Gasteiger partial charge >= 0.3 is 0 Å². The predicted molar refractivity (Wildman–Crippen MR) is 77.5 cm³/mol. The number of hydrogen-bond donors (Lipinski definition) is 2. The van der Waals surface area contributed by atoms with E-state index in [2.05, 4.69) is 21.2 Å². The molecule has 0 spiro atoms. The summed E-state index contributed by atoms with van der Waals surface area (Å²) in [6.45, 7) is 1.86. The highest BCUT2D eigenvalue weighted by Gasteiger charge is 2.29. The van der Waals surface area contributed by atoms with Crippen LogP contribution < -0.4 is 5.32 Å². The van der Waals surface area contributed by atoms with Gasteiger partial charge in [0.15, 0.2) is 0 Å². The largest absolute Gasteiger partial charge is 0.388 e. The Morgan fingerprint density at radius 2 is 2.15 bits per heavy atom. The average molecular weight is 345 g/mol. The molecule has 1 fully saturated rings. The van der Waals surface area contributed by atoms with Gasteiger partial charge in [0.05, 0.1) is 10.5 Å². The summed E-state index contributed by atoms with van der Waals surface area (Å²) in [5.41, 5.74) is -0.0951. The monoisotopic (exact) mass is 344 g/mol. The van der Waals surface area contributed by atoms with Crippen molar-refractivity contribution in [2.45, 2.75) is 25.0 Å². The zero-order chi connectivity index (χ0) is 14.6. The van der Waals surface area contributed by atoms with Crippen LogP contribution in [0.2, 0.25) is 0 Å². The van der Waals surface area contributed by atoms with Crippen molar-refractivity contribution in [2.75, 3.05) is 19.8 Å². The molecular weight excluding hydrogens is 328 g/mol. The smallest absolute Gasteiger partial charge is 0.275 e. The molecule has 20 heavy (non-hydrogen) atoms. The molecule has 0 atom stereocenters. The Morgan fingerprint density at radius 3 is 2.80 bits per heavy atom. The van der Waals surface area contributed by atoms with E-state index in [1.165, 1.54) is 6.07 Å². The number of nitro groups is 1. The number of nitrogens with one attached hydrogen (secondary N) is 1. The number of halogens is 1. The van der Waals surface area contributed by atoms with Gasteiger partial charge in [-0.2, -0.15) is 0 Å². The Balaban J connectivity index is 1.95. The van der Waals surface area contributed by atoms with Crippen LogP contribution >= 0.6 is 15.9 Å². The molecule has 1 aliphatic rings.